The minimum absolute atomic E-state index is 0.00799. The highest BCUT2D eigenvalue weighted by molar-refractivity contribution is 7.88. The van der Waals surface area contributed by atoms with Crippen LogP contribution in [0.4, 0.5) is 5.69 Å². The number of piperidine rings is 1. The number of rotatable bonds is 8. The van der Waals surface area contributed by atoms with Gasteiger partial charge in [0.05, 0.1) is 29.0 Å². The Morgan fingerprint density at radius 1 is 1.08 bits per heavy atom. The number of amides is 2. The monoisotopic (exact) mass is 553 g/mol. The zero-order valence-corrected chi connectivity index (χ0v) is 22.0. The zero-order valence-electron chi connectivity index (χ0n) is 19.7. The van der Waals surface area contributed by atoms with E-state index in [9.17, 15) is 18.0 Å². The Kier molecular flexibility index (Phi) is 8.90. The van der Waals surface area contributed by atoms with Crippen LogP contribution in [-0.2, 0) is 25.3 Å². The van der Waals surface area contributed by atoms with Crippen molar-refractivity contribution < 1.29 is 22.7 Å². The number of halogens is 2. The van der Waals surface area contributed by atoms with Crippen molar-refractivity contribution in [2.75, 3.05) is 31.6 Å². The van der Waals surface area contributed by atoms with E-state index in [2.05, 4.69) is 10.6 Å². The topological polar surface area (TPSA) is 105 Å². The number of nitrogens with zero attached hydrogens (tertiary/aromatic N) is 1. The van der Waals surface area contributed by atoms with Gasteiger partial charge in [-0.05, 0) is 55.5 Å². The summed E-state index contributed by atoms with van der Waals surface area (Å²) in [6, 6.07) is 11.5. The molecule has 2 aliphatic rings. The Labute approximate surface area is 221 Å². The van der Waals surface area contributed by atoms with Gasteiger partial charge in [0.25, 0.3) is 5.91 Å². The van der Waals surface area contributed by atoms with E-state index in [1.54, 1.807) is 36.4 Å². The molecule has 0 bridgehead atoms. The second-order valence-electron chi connectivity index (χ2n) is 9.07. The Balaban J connectivity index is 1.39. The molecule has 0 spiro atoms. The van der Waals surface area contributed by atoms with Gasteiger partial charge in [0.2, 0.25) is 15.9 Å². The van der Waals surface area contributed by atoms with Crippen molar-refractivity contribution in [2.45, 2.75) is 37.5 Å². The third kappa shape index (κ3) is 6.77. The lowest BCUT2D eigenvalue weighted by atomic mass is 9.98. The van der Waals surface area contributed by atoms with Crippen molar-refractivity contribution in [1.82, 2.24) is 9.62 Å². The summed E-state index contributed by atoms with van der Waals surface area (Å²) in [7, 11) is -3.70. The molecule has 0 aliphatic carbocycles. The molecule has 2 aliphatic heterocycles. The summed E-state index contributed by atoms with van der Waals surface area (Å²) in [6.45, 7) is 1.51. The molecular weight excluding hydrogens is 525 g/mol. The van der Waals surface area contributed by atoms with Gasteiger partial charge in [-0.1, -0.05) is 41.4 Å². The molecule has 2 saturated heterocycles. The molecule has 2 heterocycles. The van der Waals surface area contributed by atoms with Crippen LogP contribution in [0.1, 0.15) is 41.6 Å². The van der Waals surface area contributed by atoms with Crippen LogP contribution in [-0.4, -0.2) is 56.9 Å². The maximum Gasteiger partial charge on any atom is 0.253 e. The lowest BCUT2D eigenvalue weighted by Gasteiger charge is -2.31. The molecule has 0 unspecified atom stereocenters. The number of nitrogens with one attached hydrogen (secondary N) is 2. The number of carbonyl (C=O) groups excluding carboxylic acids is 2. The molecule has 2 N–H and O–H groups in total. The zero-order chi connectivity index (χ0) is 25.7. The van der Waals surface area contributed by atoms with Crippen molar-refractivity contribution in [1.29, 1.82) is 0 Å². The molecule has 194 valence electrons. The van der Waals surface area contributed by atoms with Crippen LogP contribution in [0, 0.1) is 5.92 Å². The van der Waals surface area contributed by atoms with Crippen LogP contribution in [0.3, 0.4) is 0 Å². The van der Waals surface area contributed by atoms with Crippen molar-refractivity contribution in [3.05, 3.63) is 63.6 Å². The van der Waals surface area contributed by atoms with E-state index in [4.69, 9.17) is 27.9 Å². The first-order valence-corrected chi connectivity index (χ1v) is 14.3. The molecule has 2 amide bonds. The van der Waals surface area contributed by atoms with Crippen LogP contribution < -0.4 is 10.6 Å². The summed E-state index contributed by atoms with van der Waals surface area (Å²) < 4.78 is 33.1. The summed E-state index contributed by atoms with van der Waals surface area (Å²) >= 11 is 12.1. The predicted molar refractivity (Wildman–Crippen MR) is 140 cm³/mol. The maximum atomic E-state index is 13.1. The number of carbonyl (C=O) groups is 2. The number of hydrogen-bond donors (Lipinski definition) is 2. The van der Waals surface area contributed by atoms with E-state index in [-0.39, 0.29) is 35.2 Å². The number of benzene rings is 2. The minimum Gasteiger partial charge on any atom is -0.376 e. The number of ether oxygens (including phenoxy) is 1. The minimum atomic E-state index is -3.70. The molecular formula is C25H29Cl2N3O5S. The first-order valence-electron chi connectivity index (χ1n) is 11.9. The summed E-state index contributed by atoms with van der Waals surface area (Å²) in [5.41, 5.74) is 1.19. The van der Waals surface area contributed by atoms with Crippen molar-refractivity contribution in [3.8, 4) is 0 Å². The molecule has 2 aromatic rings. The lowest BCUT2D eigenvalue weighted by molar-refractivity contribution is -0.120. The average molecular weight is 554 g/mol. The van der Waals surface area contributed by atoms with Gasteiger partial charge in [0.1, 0.15) is 0 Å². The van der Waals surface area contributed by atoms with Crippen molar-refractivity contribution in [2.24, 2.45) is 5.92 Å². The number of anilines is 1. The Hall–Kier alpha value is -2.17. The molecule has 0 aromatic heterocycles. The summed E-state index contributed by atoms with van der Waals surface area (Å²) in [5.74, 6) is -1.43. The van der Waals surface area contributed by atoms with Crippen LogP contribution in [0.15, 0.2) is 42.5 Å². The number of hydrogen-bond acceptors (Lipinski definition) is 5. The molecule has 2 atom stereocenters. The molecule has 2 fully saturated rings. The van der Waals surface area contributed by atoms with Crippen LogP contribution in [0.2, 0.25) is 10.0 Å². The second-order valence-corrected chi connectivity index (χ2v) is 11.9. The van der Waals surface area contributed by atoms with Gasteiger partial charge in [-0.15, -0.1) is 0 Å². The van der Waals surface area contributed by atoms with Gasteiger partial charge < -0.3 is 15.4 Å². The highest BCUT2D eigenvalue weighted by Crippen LogP contribution is 2.27. The molecule has 11 heteroatoms. The molecule has 8 nitrogen and oxygen atoms in total. The van der Waals surface area contributed by atoms with Gasteiger partial charge in [0, 0.05) is 36.3 Å². The van der Waals surface area contributed by atoms with Crippen LogP contribution >= 0.6 is 23.2 Å². The van der Waals surface area contributed by atoms with Crippen molar-refractivity contribution in [3.63, 3.8) is 0 Å². The van der Waals surface area contributed by atoms with Crippen LogP contribution in [0.25, 0.3) is 0 Å². The van der Waals surface area contributed by atoms with E-state index in [0.717, 1.165) is 12.8 Å². The lowest BCUT2D eigenvalue weighted by Crippen LogP contribution is -2.44. The quantitative estimate of drug-likeness (QED) is 0.512. The van der Waals surface area contributed by atoms with Gasteiger partial charge in [-0.3, -0.25) is 9.59 Å². The SMILES string of the molecule is O=C(NC[C@H]1CCCO1)c1ccccc1NC(=O)[C@@H]1CCCN(S(=O)(=O)Cc2ccc(Cl)cc2Cl)C1. The van der Waals surface area contributed by atoms with Crippen LogP contribution in [0.5, 0.6) is 0 Å². The highest BCUT2D eigenvalue weighted by Gasteiger charge is 2.33. The summed E-state index contributed by atoms with van der Waals surface area (Å²) in [6.07, 6.45) is 2.99. The van der Waals surface area contributed by atoms with Gasteiger partial charge >= 0.3 is 0 Å². The molecule has 4 rings (SSSR count). The van der Waals surface area contributed by atoms with E-state index in [0.29, 0.717) is 54.4 Å². The Morgan fingerprint density at radius 3 is 2.64 bits per heavy atom. The van der Waals surface area contributed by atoms with E-state index in [1.807, 2.05) is 0 Å². The largest absolute Gasteiger partial charge is 0.376 e. The molecule has 2 aromatic carbocycles. The number of sulfonamides is 1. The van der Waals surface area contributed by atoms with Gasteiger partial charge in [0.15, 0.2) is 0 Å². The van der Waals surface area contributed by atoms with Gasteiger partial charge in [-0.2, -0.15) is 0 Å². The Morgan fingerprint density at radius 2 is 1.89 bits per heavy atom. The normalized spacial score (nSPS) is 20.7. The molecule has 0 radical (unpaired) electrons. The van der Waals surface area contributed by atoms with E-state index < -0.39 is 15.9 Å². The third-order valence-corrected chi connectivity index (χ3v) is 8.83. The Bertz CT molecular complexity index is 1220. The van der Waals surface area contributed by atoms with E-state index in [1.165, 1.54) is 10.4 Å². The van der Waals surface area contributed by atoms with Crippen molar-refractivity contribution >= 4 is 50.7 Å². The fourth-order valence-electron chi connectivity index (χ4n) is 4.47. The molecule has 36 heavy (non-hydrogen) atoms. The first kappa shape index (κ1) is 26.9. The standard InChI is InChI=1S/C25H29Cl2N3O5S/c26-19-10-9-18(22(27)13-19)16-36(33,34)30-11-3-5-17(15-30)24(31)29-23-8-2-1-7-21(23)25(32)28-14-20-6-4-12-35-20/h1-2,7-10,13,17,20H,3-6,11-12,14-16H2,(H,28,32)(H,29,31)/t17-,20-/m1/s1. The third-order valence-electron chi connectivity index (χ3n) is 6.45. The maximum absolute atomic E-state index is 13.1. The fourth-order valence-corrected chi connectivity index (χ4v) is 6.66. The number of para-hydroxylation sites is 1. The smallest absolute Gasteiger partial charge is 0.253 e. The van der Waals surface area contributed by atoms with Gasteiger partial charge in [-0.25, -0.2) is 12.7 Å². The fraction of sp³-hybridized carbons (Fsp3) is 0.440. The molecule has 0 saturated carbocycles. The summed E-state index contributed by atoms with van der Waals surface area (Å²) in [4.78, 5) is 25.9. The highest BCUT2D eigenvalue weighted by atomic mass is 35.5. The summed E-state index contributed by atoms with van der Waals surface area (Å²) in [5, 5.41) is 6.42. The first-order chi connectivity index (χ1) is 17.2. The average Bonchev–Trinajstić information content (AvgIpc) is 3.38. The van der Waals surface area contributed by atoms with E-state index >= 15 is 0 Å². The second kappa shape index (κ2) is 11.9. The predicted octanol–water partition coefficient (Wildman–Crippen LogP) is 4.08.